The van der Waals surface area contributed by atoms with Crippen molar-refractivity contribution >= 4 is 11.6 Å². The second-order valence-electron chi connectivity index (χ2n) is 3.79. The molecule has 1 aliphatic heterocycles. The fourth-order valence-electron chi connectivity index (χ4n) is 1.79. The van der Waals surface area contributed by atoms with Crippen molar-refractivity contribution in [2.75, 3.05) is 25.6 Å². The minimum Gasteiger partial charge on any atom is -0.376 e. The van der Waals surface area contributed by atoms with Crippen LogP contribution in [0.3, 0.4) is 0 Å². The fraction of sp³-hybridized carbons (Fsp3) is 0.818. The molecule has 82 valence electrons. The second-order valence-corrected chi connectivity index (χ2v) is 4.09. The lowest BCUT2D eigenvalue weighted by Gasteiger charge is -2.37. The van der Waals surface area contributed by atoms with Crippen molar-refractivity contribution in [3.8, 4) is 0 Å². The summed E-state index contributed by atoms with van der Waals surface area (Å²) in [6, 6.07) is 0.575. The summed E-state index contributed by atoms with van der Waals surface area (Å²) >= 11 is 5.59. The summed E-state index contributed by atoms with van der Waals surface area (Å²) in [6.07, 6.45) is 5.67. The highest BCUT2D eigenvalue weighted by Crippen LogP contribution is 2.13. The minimum absolute atomic E-state index is 0.363. The van der Waals surface area contributed by atoms with Gasteiger partial charge in [-0.15, -0.1) is 11.6 Å². The van der Waals surface area contributed by atoms with E-state index in [1.54, 1.807) is 0 Å². The average Bonchev–Trinajstić information content (AvgIpc) is 2.19. The predicted octanol–water partition coefficient (Wildman–Crippen LogP) is 2.28. The van der Waals surface area contributed by atoms with Crippen LogP contribution < -0.4 is 0 Å². The van der Waals surface area contributed by atoms with Gasteiger partial charge >= 0.3 is 0 Å². The number of halogens is 1. The second kappa shape index (κ2) is 6.44. The number of hydrogen-bond acceptors (Lipinski definition) is 2. The van der Waals surface area contributed by atoms with Crippen molar-refractivity contribution in [1.29, 1.82) is 0 Å². The van der Waals surface area contributed by atoms with E-state index in [-0.39, 0.29) is 0 Å². The Morgan fingerprint density at radius 1 is 1.50 bits per heavy atom. The molecule has 0 spiro atoms. The molecule has 2 unspecified atom stereocenters. The van der Waals surface area contributed by atoms with Gasteiger partial charge in [0, 0.05) is 25.0 Å². The molecular weight excluding hydrogens is 198 g/mol. The van der Waals surface area contributed by atoms with E-state index in [0.29, 0.717) is 18.0 Å². The molecule has 1 aliphatic rings. The van der Waals surface area contributed by atoms with Crippen LogP contribution in [0.5, 0.6) is 0 Å². The summed E-state index contributed by atoms with van der Waals surface area (Å²) < 4.78 is 5.63. The van der Waals surface area contributed by atoms with Crippen molar-refractivity contribution in [3.63, 3.8) is 0 Å². The standard InChI is InChI=1S/C11H20ClNO/c1-3-11-9-14-10(2)8-13(11)7-5-4-6-12/h4-5,10-11H,3,6-9H2,1-2H3. The molecule has 1 rings (SSSR count). The van der Waals surface area contributed by atoms with Crippen LogP contribution in [0.2, 0.25) is 0 Å². The third-order valence-electron chi connectivity index (χ3n) is 2.65. The van der Waals surface area contributed by atoms with E-state index >= 15 is 0 Å². The molecule has 0 N–H and O–H groups in total. The zero-order valence-electron chi connectivity index (χ0n) is 9.08. The number of rotatable bonds is 4. The molecule has 14 heavy (non-hydrogen) atoms. The Morgan fingerprint density at radius 3 is 2.93 bits per heavy atom. The molecule has 1 fully saturated rings. The Bertz CT molecular complexity index is 184. The summed E-state index contributed by atoms with van der Waals surface area (Å²) in [5, 5.41) is 0. The molecule has 0 aromatic rings. The summed E-state index contributed by atoms with van der Waals surface area (Å²) in [5.41, 5.74) is 0. The summed E-state index contributed by atoms with van der Waals surface area (Å²) in [7, 11) is 0. The molecule has 0 aromatic heterocycles. The highest BCUT2D eigenvalue weighted by molar-refractivity contribution is 6.18. The Balaban J connectivity index is 2.40. The topological polar surface area (TPSA) is 12.5 Å². The van der Waals surface area contributed by atoms with Gasteiger partial charge in [0.15, 0.2) is 0 Å². The lowest BCUT2D eigenvalue weighted by Crippen LogP contribution is -2.48. The molecule has 0 bridgehead atoms. The highest BCUT2D eigenvalue weighted by Gasteiger charge is 2.23. The molecule has 3 heteroatoms. The molecule has 0 aliphatic carbocycles. The van der Waals surface area contributed by atoms with Crippen LogP contribution >= 0.6 is 11.6 Å². The first-order valence-electron chi connectivity index (χ1n) is 5.34. The monoisotopic (exact) mass is 217 g/mol. The molecule has 0 saturated carbocycles. The lowest BCUT2D eigenvalue weighted by atomic mass is 10.1. The number of nitrogens with zero attached hydrogens (tertiary/aromatic N) is 1. The van der Waals surface area contributed by atoms with Crippen LogP contribution in [0.25, 0.3) is 0 Å². The maximum absolute atomic E-state index is 5.63. The Hall–Kier alpha value is -0.0500. The van der Waals surface area contributed by atoms with Crippen molar-refractivity contribution in [1.82, 2.24) is 4.90 Å². The average molecular weight is 218 g/mol. The van der Waals surface area contributed by atoms with Gasteiger partial charge in [0.05, 0.1) is 12.7 Å². The lowest BCUT2D eigenvalue weighted by molar-refractivity contribution is -0.0512. The summed E-state index contributed by atoms with van der Waals surface area (Å²) in [4.78, 5) is 2.47. The SMILES string of the molecule is CCC1COC(C)CN1CC=CCCl. The fourth-order valence-corrected chi connectivity index (χ4v) is 1.91. The van der Waals surface area contributed by atoms with Crippen molar-refractivity contribution in [2.24, 2.45) is 0 Å². The van der Waals surface area contributed by atoms with Gasteiger partial charge in [-0.05, 0) is 13.3 Å². The number of morpholine rings is 1. The maximum Gasteiger partial charge on any atom is 0.0674 e. The van der Waals surface area contributed by atoms with Crippen LogP contribution in [-0.2, 0) is 4.74 Å². The Morgan fingerprint density at radius 2 is 2.29 bits per heavy atom. The van der Waals surface area contributed by atoms with Crippen LogP contribution in [0.1, 0.15) is 20.3 Å². The molecular formula is C11H20ClNO. The number of alkyl halides is 1. The highest BCUT2D eigenvalue weighted by atomic mass is 35.5. The number of hydrogen-bond donors (Lipinski definition) is 0. The molecule has 0 radical (unpaired) electrons. The summed E-state index contributed by atoms with van der Waals surface area (Å²) in [5.74, 6) is 0.608. The normalized spacial score (nSPS) is 29.9. The van der Waals surface area contributed by atoms with Gasteiger partial charge in [0.2, 0.25) is 0 Å². The number of allylic oxidation sites excluding steroid dienone is 1. The van der Waals surface area contributed by atoms with Crippen molar-refractivity contribution in [3.05, 3.63) is 12.2 Å². The molecule has 0 amide bonds. The predicted molar refractivity (Wildman–Crippen MR) is 60.9 cm³/mol. The zero-order chi connectivity index (χ0) is 10.4. The van der Waals surface area contributed by atoms with Gasteiger partial charge in [-0.2, -0.15) is 0 Å². The van der Waals surface area contributed by atoms with Crippen molar-refractivity contribution < 1.29 is 4.74 Å². The number of ether oxygens (including phenoxy) is 1. The van der Waals surface area contributed by atoms with E-state index in [4.69, 9.17) is 16.3 Å². The van der Waals surface area contributed by atoms with E-state index in [0.717, 1.165) is 26.1 Å². The first-order valence-corrected chi connectivity index (χ1v) is 5.88. The Kier molecular flexibility index (Phi) is 5.53. The molecule has 1 saturated heterocycles. The summed E-state index contributed by atoms with van der Waals surface area (Å²) in [6.45, 7) is 7.24. The molecule has 1 heterocycles. The van der Waals surface area contributed by atoms with Crippen LogP contribution in [0.4, 0.5) is 0 Å². The first kappa shape index (κ1) is 12.0. The van der Waals surface area contributed by atoms with Crippen molar-refractivity contribution in [2.45, 2.75) is 32.4 Å². The van der Waals surface area contributed by atoms with E-state index < -0.39 is 0 Å². The van der Waals surface area contributed by atoms with Crippen LogP contribution in [-0.4, -0.2) is 42.6 Å². The Labute approximate surface area is 91.9 Å². The van der Waals surface area contributed by atoms with Gasteiger partial charge in [-0.3, -0.25) is 4.90 Å². The van der Waals surface area contributed by atoms with E-state index in [9.17, 15) is 0 Å². The van der Waals surface area contributed by atoms with E-state index in [2.05, 4.69) is 24.8 Å². The van der Waals surface area contributed by atoms with Gasteiger partial charge in [0.1, 0.15) is 0 Å². The van der Waals surface area contributed by atoms with Gasteiger partial charge in [-0.25, -0.2) is 0 Å². The third-order valence-corrected chi connectivity index (χ3v) is 2.83. The third kappa shape index (κ3) is 3.60. The van der Waals surface area contributed by atoms with Gasteiger partial charge in [-0.1, -0.05) is 19.1 Å². The minimum atomic E-state index is 0.363. The largest absolute Gasteiger partial charge is 0.376 e. The molecule has 2 atom stereocenters. The van der Waals surface area contributed by atoms with Crippen LogP contribution in [0.15, 0.2) is 12.2 Å². The smallest absolute Gasteiger partial charge is 0.0674 e. The quantitative estimate of drug-likeness (QED) is 0.529. The molecule has 0 aromatic carbocycles. The molecule has 2 nitrogen and oxygen atoms in total. The van der Waals surface area contributed by atoms with E-state index in [1.165, 1.54) is 0 Å². The zero-order valence-corrected chi connectivity index (χ0v) is 9.83. The van der Waals surface area contributed by atoms with E-state index in [1.807, 2.05) is 6.08 Å². The first-order chi connectivity index (χ1) is 6.77. The van der Waals surface area contributed by atoms with Gasteiger partial charge in [0.25, 0.3) is 0 Å². The maximum atomic E-state index is 5.63. The van der Waals surface area contributed by atoms with Crippen LogP contribution in [0, 0.1) is 0 Å². The van der Waals surface area contributed by atoms with Gasteiger partial charge < -0.3 is 4.74 Å².